The summed E-state index contributed by atoms with van der Waals surface area (Å²) in [6.07, 6.45) is 5.48. The van der Waals surface area contributed by atoms with Gasteiger partial charge in [-0.1, -0.05) is 59.6 Å². The fourth-order valence-corrected chi connectivity index (χ4v) is 3.82. The Morgan fingerprint density at radius 3 is 1.74 bits per heavy atom. The molecule has 1 aromatic rings. The number of hydrogen-bond donors (Lipinski definition) is 0. The lowest BCUT2D eigenvalue weighted by molar-refractivity contribution is 0.196. The van der Waals surface area contributed by atoms with E-state index in [2.05, 4.69) is 59.6 Å². The standard InChI is InChI=1S/C20H30O2S/c1-10-20(8,9)22-23(21)19-17(14(4)5)11-16(13(2)3)12-18(19)15(6)7/h1,11-15H,2-9H3. The molecule has 3 heteroatoms. The van der Waals surface area contributed by atoms with Gasteiger partial charge in [0.1, 0.15) is 5.60 Å². The Morgan fingerprint density at radius 2 is 1.43 bits per heavy atom. The molecule has 0 N–H and O–H groups in total. The highest BCUT2D eigenvalue weighted by atomic mass is 32.2. The highest BCUT2D eigenvalue weighted by molar-refractivity contribution is 7.80. The molecule has 0 aromatic heterocycles. The van der Waals surface area contributed by atoms with Crippen molar-refractivity contribution < 1.29 is 8.39 Å². The van der Waals surface area contributed by atoms with Crippen molar-refractivity contribution in [3.05, 3.63) is 28.8 Å². The Hall–Kier alpha value is -1.11. The zero-order chi connectivity index (χ0) is 17.9. The van der Waals surface area contributed by atoms with Gasteiger partial charge >= 0.3 is 0 Å². The highest BCUT2D eigenvalue weighted by Gasteiger charge is 2.26. The quantitative estimate of drug-likeness (QED) is 0.641. The number of rotatable bonds is 6. The molecule has 0 heterocycles. The molecule has 1 atom stereocenters. The van der Waals surface area contributed by atoms with E-state index in [9.17, 15) is 4.21 Å². The van der Waals surface area contributed by atoms with Gasteiger partial charge in [0, 0.05) is 0 Å². The molecule has 0 aliphatic carbocycles. The molecule has 1 aromatic carbocycles. The Labute approximate surface area is 144 Å². The van der Waals surface area contributed by atoms with E-state index in [4.69, 9.17) is 10.6 Å². The average molecular weight is 335 g/mol. The summed E-state index contributed by atoms with van der Waals surface area (Å²) in [7, 11) is 0. The monoisotopic (exact) mass is 334 g/mol. The first-order valence-corrected chi connectivity index (χ1v) is 9.34. The summed E-state index contributed by atoms with van der Waals surface area (Å²) in [5.41, 5.74) is 2.59. The largest absolute Gasteiger partial charge is 0.267 e. The van der Waals surface area contributed by atoms with E-state index in [-0.39, 0.29) is 11.8 Å². The van der Waals surface area contributed by atoms with Gasteiger partial charge in [-0.3, -0.25) is 4.18 Å². The molecule has 1 rings (SSSR count). The second-order valence-electron chi connectivity index (χ2n) is 7.47. The molecule has 128 valence electrons. The van der Waals surface area contributed by atoms with Gasteiger partial charge in [-0.05, 0) is 48.3 Å². The molecule has 23 heavy (non-hydrogen) atoms. The molecule has 0 radical (unpaired) electrons. The maximum Gasteiger partial charge on any atom is 0.191 e. The minimum atomic E-state index is -1.58. The Morgan fingerprint density at radius 1 is 1.00 bits per heavy atom. The van der Waals surface area contributed by atoms with Crippen molar-refractivity contribution in [2.75, 3.05) is 0 Å². The number of benzene rings is 1. The maximum absolute atomic E-state index is 12.9. The van der Waals surface area contributed by atoms with Crippen molar-refractivity contribution in [2.24, 2.45) is 0 Å². The molecular formula is C20H30O2S. The van der Waals surface area contributed by atoms with Gasteiger partial charge in [-0.15, -0.1) is 6.42 Å². The van der Waals surface area contributed by atoms with Crippen LogP contribution in [0.5, 0.6) is 0 Å². The van der Waals surface area contributed by atoms with Crippen molar-refractivity contribution in [3.63, 3.8) is 0 Å². The van der Waals surface area contributed by atoms with Crippen LogP contribution in [0.2, 0.25) is 0 Å². The van der Waals surface area contributed by atoms with Gasteiger partial charge in [0.05, 0.1) is 4.90 Å². The smallest absolute Gasteiger partial charge is 0.191 e. The van der Waals surface area contributed by atoms with Crippen LogP contribution in [0.4, 0.5) is 0 Å². The van der Waals surface area contributed by atoms with Crippen molar-refractivity contribution >= 4 is 11.1 Å². The lowest BCUT2D eigenvalue weighted by Crippen LogP contribution is -2.24. The molecule has 0 aliphatic heterocycles. The van der Waals surface area contributed by atoms with Crippen LogP contribution in [0.1, 0.15) is 89.8 Å². The van der Waals surface area contributed by atoms with E-state index in [1.54, 1.807) is 13.8 Å². The zero-order valence-corrected chi connectivity index (χ0v) is 16.5. The molecule has 0 saturated heterocycles. The fraction of sp³-hybridized carbons (Fsp3) is 0.600. The zero-order valence-electron chi connectivity index (χ0n) is 15.7. The predicted octanol–water partition coefficient (Wildman–Crippen LogP) is 5.51. The highest BCUT2D eigenvalue weighted by Crippen LogP contribution is 2.35. The van der Waals surface area contributed by atoms with E-state index < -0.39 is 16.7 Å². The molecule has 0 amide bonds. The van der Waals surface area contributed by atoms with Gasteiger partial charge in [-0.25, -0.2) is 4.21 Å². The first-order valence-electron chi connectivity index (χ1n) is 8.27. The average Bonchev–Trinajstić information content (AvgIpc) is 2.44. The minimum Gasteiger partial charge on any atom is -0.267 e. The van der Waals surface area contributed by atoms with Crippen LogP contribution in [-0.4, -0.2) is 9.81 Å². The van der Waals surface area contributed by atoms with E-state index in [1.165, 1.54) is 5.56 Å². The lowest BCUT2D eigenvalue weighted by atomic mass is 9.89. The summed E-state index contributed by atoms with van der Waals surface area (Å²) in [6, 6.07) is 4.33. The van der Waals surface area contributed by atoms with Crippen molar-refractivity contribution in [1.82, 2.24) is 0 Å². The first-order chi connectivity index (χ1) is 10.5. The third-order valence-electron chi connectivity index (χ3n) is 3.88. The molecule has 2 nitrogen and oxygen atoms in total. The molecule has 0 aliphatic rings. The van der Waals surface area contributed by atoms with Crippen LogP contribution in [0.3, 0.4) is 0 Å². The normalized spacial score (nSPS) is 13.7. The third-order valence-corrected chi connectivity index (χ3v) is 5.25. The predicted molar refractivity (Wildman–Crippen MR) is 99.1 cm³/mol. The third kappa shape index (κ3) is 4.93. The van der Waals surface area contributed by atoms with Crippen LogP contribution < -0.4 is 0 Å². The lowest BCUT2D eigenvalue weighted by Gasteiger charge is -2.24. The molecule has 0 saturated carbocycles. The maximum atomic E-state index is 12.9. The van der Waals surface area contributed by atoms with E-state index >= 15 is 0 Å². The van der Waals surface area contributed by atoms with Crippen LogP contribution in [0, 0.1) is 12.3 Å². The first kappa shape index (κ1) is 19.9. The molecular weight excluding hydrogens is 304 g/mol. The van der Waals surface area contributed by atoms with Crippen LogP contribution in [0.25, 0.3) is 0 Å². The van der Waals surface area contributed by atoms with Crippen molar-refractivity contribution in [2.45, 2.75) is 83.6 Å². The summed E-state index contributed by atoms with van der Waals surface area (Å²) in [4.78, 5) is 0.794. The Bertz CT molecular complexity index is 590. The van der Waals surface area contributed by atoms with Gasteiger partial charge in [0.2, 0.25) is 0 Å². The summed E-state index contributed by atoms with van der Waals surface area (Å²) >= 11 is -1.58. The second-order valence-corrected chi connectivity index (χ2v) is 8.51. The Balaban J connectivity index is 3.55. The molecule has 0 spiro atoms. The van der Waals surface area contributed by atoms with Gasteiger partial charge in [0.25, 0.3) is 0 Å². The van der Waals surface area contributed by atoms with E-state index in [1.807, 2.05) is 0 Å². The van der Waals surface area contributed by atoms with E-state index in [0.29, 0.717) is 5.92 Å². The molecule has 1 unspecified atom stereocenters. The van der Waals surface area contributed by atoms with Crippen LogP contribution in [0.15, 0.2) is 17.0 Å². The summed E-state index contributed by atoms with van der Waals surface area (Å²) < 4.78 is 18.6. The van der Waals surface area contributed by atoms with Crippen molar-refractivity contribution in [3.8, 4) is 12.3 Å². The molecule has 0 bridgehead atoms. The SMILES string of the molecule is C#CC(C)(C)OS(=O)c1c(C(C)C)cc(C(C)C)cc1C(C)C. The fourth-order valence-electron chi connectivity index (χ4n) is 2.34. The number of hydrogen-bond acceptors (Lipinski definition) is 2. The summed E-state index contributed by atoms with van der Waals surface area (Å²) in [5.74, 6) is 3.51. The van der Waals surface area contributed by atoms with Gasteiger partial charge in [0.15, 0.2) is 11.1 Å². The molecule has 0 fully saturated rings. The topological polar surface area (TPSA) is 26.3 Å². The van der Waals surface area contributed by atoms with E-state index in [0.717, 1.165) is 16.0 Å². The Kier molecular flexibility index (Phi) is 6.62. The van der Waals surface area contributed by atoms with Gasteiger partial charge < -0.3 is 0 Å². The second kappa shape index (κ2) is 7.64. The van der Waals surface area contributed by atoms with Crippen LogP contribution in [-0.2, 0) is 15.3 Å². The minimum absolute atomic E-state index is 0.266. The summed E-state index contributed by atoms with van der Waals surface area (Å²) in [5, 5.41) is 0. The van der Waals surface area contributed by atoms with Crippen molar-refractivity contribution in [1.29, 1.82) is 0 Å². The number of terminal acetylenes is 1. The van der Waals surface area contributed by atoms with Crippen LogP contribution >= 0.6 is 0 Å². The summed E-state index contributed by atoms with van der Waals surface area (Å²) in [6.45, 7) is 16.4. The van der Waals surface area contributed by atoms with Gasteiger partial charge in [-0.2, -0.15) is 0 Å².